The summed E-state index contributed by atoms with van der Waals surface area (Å²) in [4.78, 5) is 12.7. The smallest absolute Gasteiger partial charge is 0.257 e. The first-order valence-electron chi connectivity index (χ1n) is 8.89. The third kappa shape index (κ3) is 4.41. The van der Waals surface area contributed by atoms with Gasteiger partial charge in [0.05, 0.1) is 26.3 Å². The molecule has 0 fully saturated rings. The number of carbonyl (C=O) groups excluding carboxylic acids is 1. The van der Waals surface area contributed by atoms with Crippen LogP contribution in [0.3, 0.4) is 0 Å². The number of nitrogens with one attached hydrogen (secondary N) is 2. The van der Waals surface area contributed by atoms with Crippen molar-refractivity contribution in [1.82, 2.24) is 0 Å². The molecule has 0 saturated heterocycles. The van der Waals surface area contributed by atoms with Crippen LogP contribution in [0.1, 0.15) is 10.4 Å². The van der Waals surface area contributed by atoms with Crippen molar-refractivity contribution in [2.75, 3.05) is 17.2 Å². The van der Waals surface area contributed by atoms with Crippen molar-refractivity contribution < 1.29 is 23.4 Å². The Balaban J connectivity index is 1.63. The van der Waals surface area contributed by atoms with Crippen LogP contribution in [0.2, 0.25) is 15.1 Å². The summed E-state index contributed by atoms with van der Waals surface area (Å²) in [5.41, 5.74) is 0.805. The van der Waals surface area contributed by atoms with Crippen LogP contribution in [0.5, 0.6) is 5.75 Å². The van der Waals surface area contributed by atoms with Crippen molar-refractivity contribution in [3.8, 4) is 16.9 Å². The lowest BCUT2D eigenvalue weighted by atomic mass is 10.0. The fraction of sp³-hybridized carbons (Fsp3) is 0.0952. The van der Waals surface area contributed by atoms with Crippen molar-refractivity contribution >= 4 is 52.1 Å². The Kier molecular flexibility index (Phi) is 5.94. The highest BCUT2D eigenvalue weighted by Crippen LogP contribution is 2.39. The Bertz CT molecular complexity index is 1210. The highest BCUT2D eigenvalue weighted by molar-refractivity contribution is 6.36. The molecule has 1 amide bonds. The number of carbonyl (C=O) groups is 1. The molecule has 1 aliphatic heterocycles. The molecular weight excluding hydrogens is 473 g/mol. The van der Waals surface area contributed by atoms with E-state index in [-0.39, 0.29) is 44.1 Å². The van der Waals surface area contributed by atoms with Crippen LogP contribution in [0, 0.1) is 11.6 Å². The molecule has 160 valence electrons. The van der Waals surface area contributed by atoms with E-state index in [1.807, 2.05) is 0 Å². The predicted molar refractivity (Wildman–Crippen MR) is 116 cm³/mol. The second kappa shape index (κ2) is 8.51. The minimum Gasteiger partial charge on any atom is -0.485 e. The fourth-order valence-corrected chi connectivity index (χ4v) is 3.93. The molecule has 1 heterocycles. The first kappa shape index (κ1) is 21.6. The van der Waals surface area contributed by atoms with Crippen LogP contribution in [0.15, 0.2) is 42.5 Å². The Hall–Kier alpha value is -2.58. The largest absolute Gasteiger partial charge is 0.485 e. The number of amides is 1. The Morgan fingerprint density at radius 1 is 1.03 bits per heavy atom. The zero-order valence-electron chi connectivity index (χ0n) is 15.5. The lowest BCUT2D eigenvalue weighted by Crippen LogP contribution is -2.31. The maximum Gasteiger partial charge on any atom is 0.257 e. The van der Waals surface area contributed by atoms with E-state index in [2.05, 4.69) is 10.6 Å². The van der Waals surface area contributed by atoms with Crippen molar-refractivity contribution in [2.24, 2.45) is 0 Å². The molecule has 5 nitrogen and oxygen atoms in total. The average molecular weight is 486 g/mol. The Morgan fingerprint density at radius 3 is 2.55 bits per heavy atom. The van der Waals surface area contributed by atoms with Gasteiger partial charge in [0.1, 0.15) is 18.2 Å². The average Bonchev–Trinajstić information content (AvgIpc) is 2.69. The molecule has 1 atom stereocenters. The van der Waals surface area contributed by atoms with Gasteiger partial charge in [-0.25, -0.2) is 8.78 Å². The molecule has 0 radical (unpaired) electrons. The van der Waals surface area contributed by atoms with E-state index in [9.17, 15) is 18.7 Å². The van der Waals surface area contributed by atoms with Gasteiger partial charge >= 0.3 is 0 Å². The standard InChI is InChI=1S/C21H13Cl3F2N2O3/c22-14-3-9(25)1-2-11(14)12-6-15(23)13(7-17(12)26)21(30)27-10-4-16(24)20-18(5-10)28-19(29)8-31-20/h1-7,19,28-29H,8H2,(H,27,30). The summed E-state index contributed by atoms with van der Waals surface area (Å²) in [6.45, 7) is 0.0255. The van der Waals surface area contributed by atoms with Crippen LogP contribution in [0.25, 0.3) is 11.1 Å². The summed E-state index contributed by atoms with van der Waals surface area (Å²) in [5, 5.41) is 15.2. The molecule has 1 unspecified atom stereocenters. The number of anilines is 2. The normalized spacial score (nSPS) is 15.0. The van der Waals surface area contributed by atoms with Gasteiger partial charge in [0.25, 0.3) is 5.91 Å². The van der Waals surface area contributed by atoms with Crippen molar-refractivity contribution in [1.29, 1.82) is 0 Å². The zero-order valence-corrected chi connectivity index (χ0v) is 17.7. The number of aliphatic hydroxyl groups excluding tert-OH is 1. The third-order valence-corrected chi connectivity index (χ3v) is 5.44. The number of rotatable bonds is 3. The number of halogens is 5. The van der Waals surface area contributed by atoms with E-state index in [0.717, 1.165) is 18.2 Å². The SMILES string of the molecule is O=C(Nc1cc(Cl)c2c(c1)NC(O)CO2)c1cc(F)c(-c2ccc(F)cc2Cl)cc1Cl. The molecule has 10 heteroatoms. The number of aliphatic hydroxyl groups is 1. The third-order valence-electron chi connectivity index (χ3n) is 4.53. The monoisotopic (exact) mass is 484 g/mol. The van der Waals surface area contributed by atoms with Crippen LogP contribution in [-0.2, 0) is 0 Å². The summed E-state index contributed by atoms with van der Waals surface area (Å²) < 4.78 is 33.4. The van der Waals surface area contributed by atoms with Crippen molar-refractivity contribution in [2.45, 2.75) is 6.23 Å². The summed E-state index contributed by atoms with van der Waals surface area (Å²) in [6.07, 6.45) is -0.927. The van der Waals surface area contributed by atoms with Gasteiger partial charge in [-0.3, -0.25) is 4.79 Å². The fourth-order valence-electron chi connectivity index (χ4n) is 3.14. The number of fused-ring (bicyclic) bond motifs is 1. The predicted octanol–water partition coefficient (Wildman–Crippen LogP) is 5.97. The summed E-state index contributed by atoms with van der Waals surface area (Å²) in [6, 6.07) is 8.70. The second-order valence-electron chi connectivity index (χ2n) is 6.70. The lowest BCUT2D eigenvalue weighted by Gasteiger charge is -2.25. The summed E-state index contributed by atoms with van der Waals surface area (Å²) in [5.74, 6) is -1.67. The minimum atomic E-state index is -0.927. The quantitative estimate of drug-likeness (QED) is 0.428. The van der Waals surface area contributed by atoms with Gasteiger partial charge in [0, 0.05) is 16.8 Å². The maximum atomic E-state index is 14.8. The maximum absolute atomic E-state index is 14.8. The van der Waals surface area contributed by atoms with Crippen LogP contribution in [-0.4, -0.2) is 23.8 Å². The molecule has 0 spiro atoms. The number of benzene rings is 3. The summed E-state index contributed by atoms with van der Waals surface area (Å²) >= 11 is 18.4. The Morgan fingerprint density at radius 2 is 1.81 bits per heavy atom. The first-order chi connectivity index (χ1) is 14.7. The molecule has 1 aliphatic rings. The minimum absolute atomic E-state index is 0.00720. The Labute approximate surface area is 190 Å². The summed E-state index contributed by atoms with van der Waals surface area (Å²) in [7, 11) is 0. The van der Waals surface area contributed by atoms with Crippen LogP contribution in [0.4, 0.5) is 20.2 Å². The van der Waals surface area contributed by atoms with Gasteiger partial charge in [0.2, 0.25) is 0 Å². The molecule has 0 saturated carbocycles. The molecular formula is C21H13Cl3F2N2O3. The van der Waals surface area contributed by atoms with Gasteiger partial charge in [-0.2, -0.15) is 0 Å². The van der Waals surface area contributed by atoms with Crippen LogP contribution < -0.4 is 15.4 Å². The van der Waals surface area contributed by atoms with E-state index >= 15 is 0 Å². The van der Waals surface area contributed by atoms with Gasteiger partial charge < -0.3 is 20.5 Å². The molecule has 0 aliphatic carbocycles. The number of hydrogen-bond donors (Lipinski definition) is 3. The number of hydrogen-bond acceptors (Lipinski definition) is 4. The highest BCUT2D eigenvalue weighted by Gasteiger charge is 2.22. The van der Waals surface area contributed by atoms with Gasteiger partial charge in [0.15, 0.2) is 12.0 Å². The first-order valence-corrected chi connectivity index (χ1v) is 10.0. The molecule has 0 bridgehead atoms. The van der Waals surface area contributed by atoms with E-state index < -0.39 is 23.8 Å². The molecule has 0 aromatic heterocycles. The van der Waals surface area contributed by atoms with Crippen LogP contribution >= 0.6 is 34.8 Å². The van der Waals surface area contributed by atoms with E-state index in [0.29, 0.717) is 11.4 Å². The second-order valence-corrected chi connectivity index (χ2v) is 7.92. The lowest BCUT2D eigenvalue weighted by molar-refractivity contribution is 0.102. The molecule has 3 aromatic rings. The molecule has 3 aromatic carbocycles. The highest BCUT2D eigenvalue weighted by atomic mass is 35.5. The van der Waals surface area contributed by atoms with E-state index in [4.69, 9.17) is 39.5 Å². The topological polar surface area (TPSA) is 70.6 Å². The molecule has 3 N–H and O–H groups in total. The van der Waals surface area contributed by atoms with Crippen molar-refractivity contribution in [3.05, 3.63) is 74.7 Å². The zero-order chi connectivity index (χ0) is 22.3. The molecule has 31 heavy (non-hydrogen) atoms. The van der Waals surface area contributed by atoms with Gasteiger partial charge in [-0.1, -0.05) is 34.8 Å². The van der Waals surface area contributed by atoms with Gasteiger partial charge in [-0.05, 0) is 42.5 Å². The van der Waals surface area contributed by atoms with E-state index in [1.165, 1.54) is 24.3 Å². The molecule has 4 rings (SSSR count). The van der Waals surface area contributed by atoms with Gasteiger partial charge in [-0.15, -0.1) is 0 Å². The number of ether oxygens (including phenoxy) is 1. The van der Waals surface area contributed by atoms with E-state index in [1.54, 1.807) is 0 Å². The van der Waals surface area contributed by atoms with Crippen molar-refractivity contribution in [3.63, 3.8) is 0 Å².